The number of pyridine rings is 1. The van der Waals surface area contributed by atoms with Crippen LogP contribution in [0.15, 0.2) is 48.8 Å². The molecule has 0 fully saturated rings. The third kappa shape index (κ3) is 4.32. The Morgan fingerprint density at radius 2 is 1.95 bits per heavy atom. The summed E-state index contributed by atoms with van der Waals surface area (Å²) in [6, 6.07) is 11.3. The molecular weight excluding hydrogens is 276 g/mol. The van der Waals surface area contributed by atoms with E-state index in [9.17, 15) is 4.79 Å². The van der Waals surface area contributed by atoms with Crippen LogP contribution in [0, 0.1) is 5.92 Å². The molecule has 0 radical (unpaired) electrons. The normalized spacial score (nSPS) is 12.0. The number of carbonyl (C=O) groups is 1. The van der Waals surface area contributed by atoms with E-state index in [1.807, 2.05) is 24.3 Å². The number of rotatable bonds is 6. The van der Waals surface area contributed by atoms with Gasteiger partial charge in [-0.2, -0.15) is 0 Å². The highest BCUT2D eigenvalue weighted by Crippen LogP contribution is 2.24. The van der Waals surface area contributed by atoms with Crippen LogP contribution in [-0.4, -0.2) is 18.0 Å². The fourth-order valence-corrected chi connectivity index (χ4v) is 2.32. The van der Waals surface area contributed by atoms with Crippen molar-refractivity contribution in [1.29, 1.82) is 0 Å². The van der Waals surface area contributed by atoms with Crippen LogP contribution in [0.1, 0.15) is 42.2 Å². The topological polar surface area (TPSA) is 51.2 Å². The van der Waals surface area contributed by atoms with Crippen molar-refractivity contribution in [3.05, 3.63) is 59.9 Å². The zero-order chi connectivity index (χ0) is 15.9. The number of nitrogens with one attached hydrogen (secondary N) is 1. The minimum atomic E-state index is -0.102. The smallest absolute Gasteiger partial charge is 0.253 e. The molecule has 0 saturated carbocycles. The van der Waals surface area contributed by atoms with E-state index in [0.29, 0.717) is 11.5 Å². The van der Waals surface area contributed by atoms with Gasteiger partial charge in [-0.15, -0.1) is 0 Å². The number of carbonyl (C=O) groups excluding carboxylic acids is 1. The van der Waals surface area contributed by atoms with Crippen LogP contribution < -0.4 is 10.1 Å². The molecule has 116 valence electrons. The molecule has 2 aromatic rings. The second-order valence-electron chi connectivity index (χ2n) is 5.67. The summed E-state index contributed by atoms with van der Waals surface area (Å²) in [6.45, 7) is 4.29. The zero-order valence-electron chi connectivity index (χ0n) is 13.2. The van der Waals surface area contributed by atoms with Crippen molar-refractivity contribution in [3.63, 3.8) is 0 Å². The summed E-state index contributed by atoms with van der Waals surface area (Å²) < 4.78 is 5.18. The van der Waals surface area contributed by atoms with E-state index in [1.54, 1.807) is 31.6 Å². The average molecular weight is 298 g/mol. The highest BCUT2D eigenvalue weighted by atomic mass is 16.5. The van der Waals surface area contributed by atoms with Crippen molar-refractivity contribution in [1.82, 2.24) is 10.3 Å². The summed E-state index contributed by atoms with van der Waals surface area (Å²) in [7, 11) is 1.64. The molecule has 0 spiro atoms. The molecule has 0 bridgehead atoms. The Morgan fingerprint density at radius 3 is 2.50 bits per heavy atom. The van der Waals surface area contributed by atoms with Crippen molar-refractivity contribution >= 4 is 5.91 Å². The van der Waals surface area contributed by atoms with E-state index in [2.05, 4.69) is 24.1 Å². The standard InChI is InChI=1S/C18H22N2O2/c1-13(2)11-17(14-6-8-16(22-3)9-7-14)20-18(21)15-5-4-10-19-12-15/h4-10,12-13,17H,11H2,1-3H3,(H,20,21)/t17-/m1/s1. The summed E-state index contributed by atoms with van der Waals surface area (Å²) in [5.74, 6) is 1.18. The highest BCUT2D eigenvalue weighted by Gasteiger charge is 2.17. The molecule has 0 aliphatic heterocycles. The molecule has 2 rings (SSSR count). The van der Waals surface area contributed by atoms with Gasteiger partial charge in [0, 0.05) is 12.4 Å². The largest absolute Gasteiger partial charge is 0.497 e. The number of aromatic nitrogens is 1. The number of methoxy groups -OCH3 is 1. The third-order valence-corrected chi connectivity index (χ3v) is 3.45. The Labute approximate surface area is 131 Å². The minimum Gasteiger partial charge on any atom is -0.497 e. The molecule has 4 heteroatoms. The lowest BCUT2D eigenvalue weighted by molar-refractivity contribution is 0.0931. The van der Waals surface area contributed by atoms with Gasteiger partial charge in [0.25, 0.3) is 5.91 Å². The molecule has 22 heavy (non-hydrogen) atoms. The molecule has 4 nitrogen and oxygen atoms in total. The summed E-state index contributed by atoms with van der Waals surface area (Å²) in [6.07, 6.45) is 4.11. The van der Waals surface area contributed by atoms with E-state index in [4.69, 9.17) is 4.74 Å². The summed E-state index contributed by atoms with van der Waals surface area (Å²) in [4.78, 5) is 16.3. The van der Waals surface area contributed by atoms with Crippen molar-refractivity contribution in [2.75, 3.05) is 7.11 Å². The Hall–Kier alpha value is -2.36. The maximum atomic E-state index is 12.4. The van der Waals surface area contributed by atoms with Gasteiger partial charge >= 0.3 is 0 Å². The van der Waals surface area contributed by atoms with Gasteiger partial charge in [0.1, 0.15) is 5.75 Å². The molecule has 1 aromatic heterocycles. The Balaban J connectivity index is 2.16. The molecule has 1 heterocycles. The first-order valence-electron chi connectivity index (χ1n) is 7.45. The number of nitrogens with zero attached hydrogens (tertiary/aromatic N) is 1. The van der Waals surface area contributed by atoms with E-state index in [0.717, 1.165) is 17.7 Å². The second kappa shape index (κ2) is 7.59. The molecule has 0 saturated heterocycles. The Bertz CT molecular complexity index is 594. The van der Waals surface area contributed by atoms with Crippen LogP contribution in [0.3, 0.4) is 0 Å². The lowest BCUT2D eigenvalue weighted by Gasteiger charge is -2.21. The van der Waals surface area contributed by atoms with Gasteiger partial charge in [-0.3, -0.25) is 9.78 Å². The number of benzene rings is 1. The fraction of sp³-hybridized carbons (Fsp3) is 0.333. The van der Waals surface area contributed by atoms with Crippen LogP contribution in [0.25, 0.3) is 0 Å². The average Bonchev–Trinajstić information content (AvgIpc) is 2.54. The van der Waals surface area contributed by atoms with Crippen LogP contribution in [-0.2, 0) is 0 Å². The summed E-state index contributed by atoms with van der Waals surface area (Å²) in [5.41, 5.74) is 1.65. The number of hydrogen-bond acceptors (Lipinski definition) is 3. The van der Waals surface area contributed by atoms with Crippen LogP contribution >= 0.6 is 0 Å². The molecule has 1 atom stereocenters. The number of amides is 1. The van der Waals surface area contributed by atoms with Crippen molar-refractivity contribution in [3.8, 4) is 5.75 Å². The van der Waals surface area contributed by atoms with Crippen LogP contribution in [0.4, 0.5) is 0 Å². The van der Waals surface area contributed by atoms with Gasteiger partial charge in [0.2, 0.25) is 0 Å². The Morgan fingerprint density at radius 1 is 1.23 bits per heavy atom. The molecule has 0 aliphatic carbocycles. The van der Waals surface area contributed by atoms with Gasteiger partial charge in [0.15, 0.2) is 0 Å². The zero-order valence-corrected chi connectivity index (χ0v) is 13.2. The first kappa shape index (κ1) is 16.0. The molecule has 0 aliphatic rings. The van der Waals surface area contributed by atoms with E-state index >= 15 is 0 Å². The van der Waals surface area contributed by atoms with Gasteiger partial charge < -0.3 is 10.1 Å². The summed E-state index contributed by atoms with van der Waals surface area (Å²) in [5, 5.41) is 3.10. The fourth-order valence-electron chi connectivity index (χ4n) is 2.32. The Kier molecular flexibility index (Phi) is 5.53. The predicted octanol–water partition coefficient (Wildman–Crippen LogP) is 3.61. The maximum Gasteiger partial charge on any atom is 0.253 e. The first-order chi connectivity index (χ1) is 10.6. The lowest BCUT2D eigenvalue weighted by atomic mass is 9.96. The molecule has 1 amide bonds. The SMILES string of the molecule is COc1ccc([C@@H](CC(C)C)NC(=O)c2cccnc2)cc1. The van der Waals surface area contributed by atoms with Gasteiger partial charge in [-0.25, -0.2) is 0 Å². The van der Waals surface area contributed by atoms with Crippen molar-refractivity contribution < 1.29 is 9.53 Å². The minimum absolute atomic E-state index is 0.0291. The molecular formula is C18H22N2O2. The van der Waals surface area contributed by atoms with Gasteiger partial charge in [-0.05, 0) is 42.2 Å². The van der Waals surface area contributed by atoms with E-state index < -0.39 is 0 Å². The van der Waals surface area contributed by atoms with Crippen LogP contribution in [0.2, 0.25) is 0 Å². The number of ether oxygens (including phenoxy) is 1. The lowest BCUT2D eigenvalue weighted by Crippen LogP contribution is -2.29. The van der Waals surface area contributed by atoms with E-state index in [1.165, 1.54) is 0 Å². The maximum absolute atomic E-state index is 12.4. The first-order valence-corrected chi connectivity index (χ1v) is 7.45. The van der Waals surface area contributed by atoms with E-state index in [-0.39, 0.29) is 11.9 Å². The predicted molar refractivity (Wildman–Crippen MR) is 86.9 cm³/mol. The quantitative estimate of drug-likeness (QED) is 0.886. The van der Waals surface area contributed by atoms with Crippen LogP contribution in [0.5, 0.6) is 5.75 Å². The highest BCUT2D eigenvalue weighted by molar-refractivity contribution is 5.94. The van der Waals surface area contributed by atoms with Gasteiger partial charge in [-0.1, -0.05) is 26.0 Å². The van der Waals surface area contributed by atoms with Crippen molar-refractivity contribution in [2.45, 2.75) is 26.3 Å². The second-order valence-corrected chi connectivity index (χ2v) is 5.67. The molecule has 1 aromatic carbocycles. The molecule has 0 unspecified atom stereocenters. The number of hydrogen-bond donors (Lipinski definition) is 1. The third-order valence-electron chi connectivity index (χ3n) is 3.45. The summed E-state index contributed by atoms with van der Waals surface area (Å²) >= 11 is 0. The van der Waals surface area contributed by atoms with Gasteiger partial charge in [0.05, 0.1) is 18.7 Å². The molecule has 1 N–H and O–H groups in total. The van der Waals surface area contributed by atoms with Crippen molar-refractivity contribution in [2.24, 2.45) is 5.92 Å². The monoisotopic (exact) mass is 298 g/mol.